The van der Waals surface area contributed by atoms with Crippen molar-refractivity contribution in [3.8, 4) is 11.1 Å². The molecule has 0 aliphatic carbocycles. The number of carboxylic acids is 1. The largest absolute Gasteiger partial charge is 0.481 e. The Morgan fingerprint density at radius 2 is 1.61 bits per heavy atom. The molecule has 1 aliphatic rings. The van der Waals surface area contributed by atoms with Gasteiger partial charge >= 0.3 is 12.0 Å². The molecular formula is C20H19ClN2O7S. The van der Waals surface area contributed by atoms with Gasteiger partial charge < -0.3 is 15.1 Å². The van der Waals surface area contributed by atoms with Crippen molar-refractivity contribution in [2.45, 2.75) is 10.9 Å². The molecule has 2 aromatic carbocycles. The first-order valence-corrected chi connectivity index (χ1v) is 11.2. The van der Waals surface area contributed by atoms with E-state index in [0.29, 0.717) is 5.02 Å². The van der Waals surface area contributed by atoms with Gasteiger partial charge in [-0.15, -0.1) is 0 Å². The number of urea groups is 1. The van der Waals surface area contributed by atoms with Gasteiger partial charge in [-0.25, -0.2) is 13.2 Å². The summed E-state index contributed by atoms with van der Waals surface area (Å²) in [6.45, 7) is -1.25. The highest BCUT2D eigenvalue weighted by atomic mass is 35.5. The standard InChI is InChI=1S/C20H19ClN2O7S/c21-15-5-1-12(2-6-15)13-3-7-16(8-4-13)31(29,30)11-14(19(26)27)9-23-17(10-24)18(25)22-20(23)28/h1-8,14,17,24H,9-11H2,(H,26,27)(H,22,25,28). The number of amides is 3. The minimum atomic E-state index is -4.01. The number of nitrogens with one attached hydrogen (secondary N) is 1. The monoisotopic (exact) mass is 466 g/mol. The van der Waals surface area contributed by atoms with E-state index in [1.54, 1.807) is 36.4 Å². The second-order valence-corrected chi connectivity index (χ2v) is 9.46. The van der Waals surface area contributed by atoms with E-state index in [9.17, 15) is 33.0 Å². The molecule has 1 fully saturated rings. The fourth-order valence-electron chi connectivity index (χ4n) is 3.23. The zero-order valence-electron chi connectivity index (χ0n) is 16.1. The molecular weight excluding hydrogens is 448 g/mol. The first-order valence-electron chi connectivity index (χ1n) is 9.16. The molecule has 0 spiro atoms. The number of nitrogens with zero attached hydrogens (tertiary/aromatic N) is 1. The van der Waals surface area contributed by atoms with E-state index < -0.39 is 58.6 Å². The maximum absolute atomic E-state index is 12.8. The van der Waals surface area contributed by atoms with Crippen LogP contribution in [0.2, 0.25) is 5.02 Å². The molecule has 1 aliphatic heterocycles. The molecule has 2 unspecified atom stereocenters. The Kier molecular flexibility index (Phi) is 6.63. The van der Waals surface area contributed by atoms with E-state index in [-0.39, 0.29) is 4.90 Å². The third-order valence-corrected chi connectivity index (χ3v) is 7.00. The van der Waals surface area contributed by atoms with Gasteiger partial charge in [0, 0.05) is 11.6 Å². The van der Waals surface area contributed by atoms with Gasteiger partial charge in [0.1, 0.15) is 6.04 Å². The number of rotatable bonds is 8. The maximum Gasteiger partial charge on any atom is 0.324 e. The second-order valence-electron chi connectivity index (χ2n) is 6.99. The van der Waals surface area contributed by atoms with E-state index in [1.165, 1.54) is 12.1 Å². The van der Waals surface area contributed by atoms with Gasteiger partial charge in [0.2, 0.25) is 0 Å². The molecule has 3 N–H and O–H groups in total. The predicted octanol–water partition coefficient (Wildman–Crippen LogP) is 1.39. The molecule has 1 saturated heterocycles. The number of benzene rings is 2. The summed E-state index contributed by atoms with van der Waals surface area (Å²) in [5, 5.41) is 21.3. The van der Waals surface area contributed by atoms with E-state index in [2.05, 4.69) is 0 Å². The molecule has 0 aromatic heterocycles. The molecule has 0 bridgehead atoms. The van der Waals surface area contributed by atoms with Gasteiger partial charge in [-0.05, 0) is 35.4 Å². The molecule has 3 amide bonds. The zero-order valence-corrected chi connectivity index (χ0v) is 17.6. The van der Waals surface area contributed by atoms with Crippen LogP contribution in [-0.4, -0.2) is 66.4 Å². The quantitative estimate of drug-likeness (QED) is 0.499. The molecule has 0 radical (unpaired) electrons. The number of halogens is 1. The Balaban J connectivity index is 1.78. The number of imide groups is 1. The van der Waals surface area contributed by atoms with E-state index in [4.69, 9.17) is 11.6 Å². The van der Waals surface area contributed by atoms with Gasteiger partial charge in [-0.1, -0.05) is 35.9 Å². The van der Waals surface area contributed by atoms with Gasteiger partial charge in [0.25, 0.3) is 5.91 Å². The lowest BCUT2D eigenvalue weighted by molar-refractivity contribution is -0.141. The molecule has 11 heteroatoms. The molecule has 31 heavy (non-hydrogen) atoms. The number of carboxylic acid groups (broad SMARTS) is 1. The lowest BCUT2D eigenvalue weighted by Gasteiger charge is -2.23. The number of sulfone groups is 1. The summed E-state index contributed by atoms with van der Waals surface area (Å²) in [4.78, 5) is 35.9. The highest BCUT2D eigenvalue weighted by Gasteiger charge is 2.41. The minimum Gasteiger partial charge on any atom is -0.481 e. The number of carbonyl (C=O) groups is 3. The van der Waals surface area contributed by atoms with Crippen LogP contribution >= 0.6 is 11.6 Å². The van der Waals surface area contributed by atoms with Crippen LogP contribution in [0.3, 0.4) is 0 Å². The summed E-state index contributed by atoms with van der Waals surface area (Å²) < 4.78 is 25.6. The van der Waals surface area contributed by atoms with Crippen molar-refractivity contribution in [3.63, 3.8) is 0 Å². The van der Waals surface area contributed by atoms with Crippen molar-refractivity contribution in [1.29, 1.82) is 0 Å². The van der Waals surface area contributed by atoms with Gasteiger partial charge in [0.15, 0.2) is 9.84 Å². The van der Waals surface area contributed by atoms with Gasteiger partial charge in [-0.3, -0.25) is 14.9 Å². The third kappa shape index (κ3) is 5.04. The smallest absolute Gasteiger partial charge is 0.324 e. The Labute approximate surface area is 183 Å². The molecule has 3 rings (SSSR count). The molecule has 2 aromatic rings. The van der Waals surface area contributed by atoms with Crippen LogP contribution in [0, 0.1) is 5.92 Å². The minimum absolute atomic E-state index is 0.0721. The van der Waals surface area contributed by atoms with Crippen LogP contribution in [0.4, 0.5) is 4.79 Å². The number of hydrogen-bond acceptors (Lipinski definition) is 6. The Bertz CT molecular complexity index is 1100. The Morgan fingerprint density at radius 1 is 1.06 bits per heavy atom. The first kappa shape index (κ1) is 22.7. The van der Waals surface area contributed by atoms with Crippen molar-refractivity contribution in [2.75, 3.05) is 18.9 Å². The number of carbonyl (C=O) groups excluding carboxylic acids is 2. The van der Waals surface area contributed by atoms with Crippen LogP contribution in [0.15, 0.2) is 53.4 Å². The summed E-state index contributed by atoms with van der Waals surface area (Å²) in [5.41, 5.74) is 1.58. The highest BCUT2D eigenvalue weighted by molar-refractivity contribution is 7.91. The summed E-state index contributed by atoms with van der Waals surface area (Å²) in [5.74, 6) is -4.48. The number of aliphatic hydroxyl groups is 1. The average molecular weight is 467 g/mol. The number of hydrogen-bond donors (Lipinski definition) is 3. The number of aliphatic carboxylic acids is 1. The molecule has 1 heterocycles. The first-order chi connectivity index (χ1) is 14.6. The number of aliphatic hydroxyl groups excluding tert-OH is 1. The van der Waals surface area contributed by atoms with Crippen LogP contribution in [0.25, 0.3) is 11.1 Å². The van der Waals surface area contributed by atoms with Crippen LogP contribution < -0.4 is 5.32 Å². The van der Waals surface area contributed by atoms with E-state index in [1.807, 2.05) is 5.32 Å². The fourth-order valence-corrected chi connectivity index (χ4v) is 4.88. The SMILES string of the molecule is O=C(O)C(CN1C(=O)NC(=O)C1CO)CS(=O)(=O)c1ccc(-c2ccc(Cl)cc2)cc1. The Hall–Kier alpha value is -2.95. The third-order valence-electron chi connectivity index (χ3n) is 4.92. The topological polar surface area (TPSA) is 141 Å². The highest BCUT2D eigenvalue weighted by Crippen LogP contribution is 2.24. The maximum atomic E-state index is 12.8. The zero-order chi connectivity index (χ0) is 22.8. The summed E-state index contributed by atoms with van der Waals surface area (Å²) in [6, 6.07) is 10.8. The lowest BCUT2D eigenvalue weighted by Crippen LogP contribution is -2.44. The second kappa shape index (κ2) is 9.04. The van der Waals surface area contributed by atoms with Crippen molar-refractivity contribution in [2.24, 2.45) is 5.92 Å². The van der Waals surface area contributed by atoms with E-state index >= 15 is 0 Å². The van der Waals surface area contributed by atoms with Crippen molar-refractivity contribution in [1.82, 2.24) is 10.2 Å². The molecule has 2 atom stereocenters. The predicted molar refractivity (Wildman–Crippen MR) is 111 cm³/mol. The fraction of sp³-hybridized carbons (Fsp3) is 0.250. The molecule has 9 nitrogen and oxygen atoms in total. The van der Waals surface area contributed by atoms with Gasteiger partial charge in [-0.2, -0.15) is 0 Å². The summed E-state index contributed by atoms with van der Waals surface area (Å²) in [6.07, 6.45) is 0. The Morgan fingerprint density at radius 3 is 2.13 bits per heavy atom. The van der Waals surface area contributed by atoms with E-state index in [0.717, 1.165) is 16.0 Å². The summed E-state index contributed by atoms with van der Waals surface area (Å²) >= 11 is 5.87. The molecule has 164 valence electrons. The normalized spacial score (nSPS) is 17.5. The van der Waals surface area contributed by atoms with Crippen molar-refractivity contribution < 1.29 is 33.0 Å². The van der Waals surface area contributed by atoms with Crippen LogP contribution in [-0.2, 0) is 19.4 Å². The average Bonchev–Trinajstić information content (AvgIpc) is 3.00. The van der Waals surface area contributed by atoms with Crippen LogP contribution in [0.1, 0.15) is 0 Å². The van der Waals surface area contributed by atoms with Crippen molar-refractivity contribution >= 4 is 39.3 Å². The summed E-state index contributed by atoms with van der Waals surface area (Å²) in [7, 11) is -4.01. The molecule has 0 saturated carbocycles. The van der Waals surface area contributed by atoms with Crippen LogP contribution in [0.5, 0.6) is 0 Å². The van der Waals surface area contributed by atoms with Crippen molar-refractivity contribution in [3.05, 3.63) is 53.6 Å². The van der Waals surface area contributed by atoms with Gasteiger partial charge in [0.05, 0.1) is 23.2 Å². The lowest BCUT2D eigenvalue weighted by atomic mass is 10.1.